The highest BCUT2D eigenvalue weighted by molar-refractivity contribution is 5.88. The van der Waals surface area contributed by atoms with Crippen molar-refractivity contribution in [2.24, 2.45) is 13.0 Å². The summed E-state index contributed by atoms with van der Waals surface area (Å²) in [5, 5.41) is 1.04. The normalized spacial score (nSPS) is 12.8. The lowest BCUT2D eigenvalue weighted by Gasteiger charge is -2.19. The molecule has 1 atom stereocenters. The maximum absolute atomic E-state index is 12.8. The highest BCUT2D eigenvalue weighted by atomic mass is 19.4. The molecule has 3 aromatic rings. The first-order valence-corrected chi connectivity index (χ1v) is 9.40. The van der Waals surface area contributed by atoms with E-state index in [1.807, 2.05) is 49.5 Å². The second kappa shape index (κ2) is 9.18. The molecule has 0 fully saturated rings. The van der Waals surface area contributed by atoms with Crippen LogP contribution in [0.5, 0.6) is 5.75 Å². The van der Waals surface area contributed by atoms with Gasteiger partial charge in [0.1, 0.15) is 5.75 Å². The zero-order valence-corrected chi connectivity index (χ0v) is 16.3. The first-order valence-electron chi connectivity index (χ1n) is 9.40. The Morgan fingerprint density at radius 3 is 2.52 bits per heavy atom. The minimum atomic E-state index is -4.27. The molecular weight excluding hydrogens is 379 g/mol. The third-order valence-electron chi connectivity index (χ3n) is 4.68. The first kappa shape index (κ1) is 21.0. The van der Waals surface area contributed by atoms with Crippen LogP contribution in [0.3, 0.4) is 0 Å². The molecule has 29 heavy (non-hydrogen) atoms. The molecule has 2 aromatic carbocycles. The van der Waals surface area contributed by atoms with Crippen molar-refractivity contribution in [1.82, 2.24) is 4.57 Å². The van der Waals surface area contributed by atoms with Gasteiger partial charge in [-0.15, -0.1) is 6.58 Å². The van der Waals surface area contributed by atoms with Crippen LogP contribution in [-0.2, 0) is 11.8 Å². The third kappa shape index (κ3) is 5.64. The highest BCUT2D eigenvalue weighted by Gasteiger charge is 2.32. The van der Waals surface area contributed by atoms with Crippen molar-refractivity contribution in [2.75, 3.05) is 19.8 Å². The predicted molar refractivity (Wildman–Crippen MR) is 109 cm³/mol. The topological polar surface area (TPSA) is 23.4 Å². The van der Waals surface area contributed by atoms with Crippen molar-refractivity contribution >= 4 is 10.9 Å². The predicted octanol–water partition coefficient (Wildman–Crippen LogP) is 6.00. The fraction of sp³-hybridized carbons (Fsp3) is 0.304. The lowest BCUT2D eigenvalue weighted by Crippen LogP contribution is -2.25. The van der Waals surface area contributed by atoms with Crippen molar-refractivity contribution in [3.63, 3.8) is 0 Å². The van der Waals surface area contributed by atoms with E-state index in [0.717, 1.165) is 22.2 Å². The van der Waals surface area contributed by atoms with Crippen molar-refractivity contribution in [3.05, 3.63) is 67.3 Å². The van der Waals surface area contributed by atoms with Crippen LogP contribution in [0.15, 0.2) is 67.3 Å². The number of hydrogen-bond donors (Lipinski definition) is 0. The number of alkyl halides is 3. The van der Waals surface area contributed by atoms with Crippen LogP contribution in [0.2, 0.25) is 0 Å². The Hall–Kier alpha value is -2.73. The fourth-order valence-electron chi connectivity index (χ4n) is 3.31. The van der Waals surface area contributed by atoms with Crippen molar-refractivity contribution < 1.29 is 22.6 Å². The molecule has 0 N–H and O–H groups in total. The van der Waals surface area contributed by atoms with Gasteiger partial charge in [0, 0.05) is 30.1 Å². The maximum Gasteiger partial charge on any atom is 0.389 e. The molecule has 3 nitrogen and oxygen atoms in total. The van der Waals surface area contributed by atoms with Gasteiger partial charge in [0.05, 0.1) is 31.8 Å². The molecule has 0 radical (unpaired) electrons. The molecule has 0 amide bonds. The van der Waals surface area contributed by atoms with E-state index in [2.05, 4.69) is 17.2 Å². The van der Waals surface area contributed by atoms with Crippen LogP contribution in [0.25, 0.3) is 22.2 Å². The van der Waals surface area contributed by atoms with Gasteiger partial charge in [0.15, 0.2) is 0 Å². The summed E-state index contributed by atoms with van der Waals surface area (Å²) in [6.45, 7) is 3.62. The van der Waals surface area contributed by atoms with Gasteiger partial charge in [-0.25, -0.2) is 0 Å². The summed E-state index contributed by atoms with van der Waals surface area (Å²) in [6, 6.07) is 17.7. The third-order valence-corrected chi connectivity index (χ3v) is 4.68. The van der Waals surface area contributed by atoms with Crippen LogP contribution < -0.4 is 4.74 Å². The van der Waals surface area contributed by atoms with Crippen LogP contribution in [0.1, 0.15) is 6.42 Å². The molecule has 1 aromatic heterocycles. The van der Waals surface area contributed by atoms with E-state index in [9.17, 15) is 13.2 Å². The SMILES string of the molecule is C=CCOCC(COc1ccc2cc(-c3ccccc3)n(C)c2c1)CC(F)(F)F. The van der Waals surface area contributed by atoms with Gasteiger partial charge in [-0.05, 0) is 23.8 Å². The number of fused-ring (bicyclic) bond motifs is 1. The van der Waals surface area contributed by atoms with Gasteiger partial charge in [-0.3, -0.25) is 0 Å². The number of halogens is 3. The number of hydrogen-bond acceptors (Lipinski definition) is 2. The lowest BCUT2D eigenvalue weighted by atomic mass is 10.1. The zero-order valence-electron chi connectivity index (χ0n) is 16.3. The minimum absolute atomic E-state index is 0.0317. The summed E-state index contributed by atoms with van der Waals surface area (Å²) >= 11 is 0. The van der Waals surface area contributed by atoms with Gasteiger partial charge in [-0.2, -0.15) is 13.2 Å². The number of aryl methyl sites for hydroxylation is 1. The average molecular weight is 403 g/mol. The number of benzene rings is 2. The zero-order chi connectivity index (χ0) is 20.9. The number of ether oxygens (including phenoxy) is 2. The molecule has 0 saturated carbocycles. The van der Waals surface area contributed by atoms with E-state index in [-0.39, 0.29) is 19.8 Å². The van der Waals surface area contributed by atoms with E-state index in [1.54, 1.807) is 6.07 Å². The van der Waals surface area contributed by atoms with Gasteiger partial charge < -0.3 is 14.0 Å². The van der Waals surface area contributed by atoms with Crippen molar-refractivity contribution in [3.8, 4) is 17.0 Å². The van der Waals surface area contributed by atoms with Crippen LogP contribution in [0.4, 0.5) is 13.2 Å². The fourth-order valence-corrected chi connectivity index (χ4v) is 3.31. The van der Waals surface area contributed by atoms with Crippen LogP contribution in [0, 0.1) is 5.92 Å². The number of rotatable bonds is 9. The van der Waals surface area contributed by atoms with E-state index in [4.69, 9.17) is 9.47 Å². The van der Waals surface area contributed by atoms with Gasteiger partial charge in [0.2, 0.25) is 0 Å². The Balaban J connectivity index is 1.75. The molecule has 0 spiro atoms. The average Bonchev–Trinajstić information content (AvgIpc) is 3.02. The molecule has 154 valence electrons. The molecule has 0 bridgehead atoms. The molecular formula is C23H24F3NO2. The molecule has 0 aliphatic heterocycles. The molecule has 1 heterocycles. The Morgan fingerprint density at radius 1 is 1.07 bits per heavy atom. The Bertz CT molecular complexity index is 948. The molecule has 1 unspecified atom stereocenters. The molecule has 0 aliphatic carbocycles. The van der Waals surface area contributed by atoms with Crippen LogP contribution >= 0.6 is 0 Å². The van der Waals surface area contributed by atoms with E-state index >= 15 is 0 Å². The summed E-state index contributed by atoms with van der Waals surface area (Å²) in [5.74, 6) is -0.242. The van der Waals surface area contributed by atoms with Gasteiger partial charge in [-0.1, -0.05) is 36.4 Å². The van der Waals surface area contributed by atoms with Gasteiger partial charge >= 0.3 is 6.18 Å². The van der Waals surface area contributed by atoms with Crippen molar-refractivity contribution in [2.45, 2.75) is 12.6 Å². The van der Waals surface area contributed by atoms with Crippen LogP contribution in [-0.4, -0.2) is 30.6 Å². The van der Waals surface area contributed by atoms with E-state index in [0.29, 0.717) is 5.75 Å². The molecule has 6 heteroatoms. The standard InChI is InChI=1S/C23H24F3NO2/c1-3-11-28-15-17(14-23(24,25)26)16-29-20-10-9-19-12-21(27(2)22(19)13-20)18-7-5-4-6-8-18/h3-10,12-13,17H,1,11,14-16H2,2H3. The Labute approximate surface area is 168 Å². The molecule has 0 saturated heterocycles. The number of nitrogens with zero attached hydrogens (tertiary/aromatic N) is 1. The summed E-state index contributed by atoms with van der Waals surface area (Å²) < 4.78 is 51.5. The second-order valence-electron chi connectivity index (χ2n) is 7.00. The van der Waals surface area contributed by atoms with E-state index in [1.165, 1.54) is 6.08 Å². The molecule has 0 aliphatic rings. The monoisotopic (exact) mass is 403 g/mol. The quantitative estimate of drug-likeness (QED) is 0.323. The second-order valence-corrected chi connectivity index (χ2v) is 7.00. The Morgan fingerprint density at radius 2 is 1.83 bits per heavy atom. The smallest absolute Gasteiger partial charge is 0.389 e. The lowest BCUT2D eigenvalue weighted by molar-refractivity contribution is -0.151. The minimum Gasteiger partial charge on any atom is -0.493 e. The Kier molecular flexibility index (Phi) is 6.64. The summed E-state index contributed by atoms with van der Waals surface area (Å²) in [5.41, 5.74) is 3.11. The highest BCUT2D eigenvalue weighted by Crippen LogP contribution is 2.30. The summed E-state index contributed by atoms with van der Waals surface area (Å²) in [7, 11) is 1.96. The van der Waals surface area contributed by atoms with E-state index < -0.39 is 18.5 Å². The first-order chi connectivity index (χ1) is 13.9. The summed E-state index contributed by atoms with van der Waals surface area (Å²) in [4.78, 5) is 0. The van der Waals surface area contributed by atoms with Gasteiger partial charge in [0.25, 0.3) is 0 Å². The maximum atomic E-state index is 12.8. The molecule has 3 rings (SSSR count). The largest absolute Gasteiger partial charge is 0.493 e. The summed E-state index contributed by atoms with van der Waals surface area (Å²) in [6.07, 6.45) is -3.70. The number of aromatic nitrogens is 1. The van der Waals surface area contributed by atoms with Crippen molar-refractivity contribution in [1.29, 1.82) is 0 Å².